The predicted molar refractivity (Wildman–Crippen MR) is 215 cm³/mol. The second kappa shape index (κ2) is 11.6. The molecule has 0 fully saturated rings. The Morgan fingerprint density at radius 3 is 1.45 bits per heavy atom. The predicted octanol–water partition coefficient (Wildman–Crippen LogP) is 11.8. The summed E-state index contributed by atoms with van der Waals surface area (Å²) in [5.41, 5.74) is 9.30. The summed E-state index contributed by atoms with van der Waals surface area (Å²) in [5.74, 6) is 2.65. The summed E-state index contributed by atoms with van der Waals surface area (Å²) in [5, 5.41) is 5.71. The zero-order valence-corrected chi connectivity index (χ0v) is 28.4. The van der Waals surface area contributed by atoms with E-state index in [0.717, 1.165) is 71.9 Å². The van der Waals surface area contributed by atoms with Crippen LogP contribution < -0.4 is 0 Å². The quantitative estimate of drug-likeness (QED) is 0.182. The molecule has 0 aliphatic rings. The van der Waals surface area contributed by atoms with Crippen LogP contribution in [0.25, 0.3) is 100 Å². The highest BCUT2D eigenvalue weighted by Gasteiger charge is 2.20. The van der Waals surface area contributed by atoms with E-state index >= 15 is 0 Å². The fraction of sp³-hybridized carbons (Fsp3) is 0. The molecule has 4 aromatic heterocycles. The second-order valence-corrected chi connectivity index (χ2v) is 13.3. The molecule has 248 valence electrons. The van der Waals surface area contributed by atoms with Crippen LogP contribution >= 0.6 is 0 Å². The van der Waals surface area contributed by atoms with E-state index in [0.29, 0.717) is 17.6 Å². The van der Waals surface area contributed by atoms with Crippen molar-refractivity contribution in [2.75, 3.05) is 0 Å². The monoisotopic (exact) mass is 679 g/mol. The molecule has 6 nitrogen and oxygen atoms in total. The summed E-state index contributed by atoms with van der Waals surface area (Å²) >= 11 is 0. The molecule has 0 saturated carbocycles. The molecule has 0 unspecified atom stereocenters. The average molecular weight is 680 g/mol. The van der Waals surface area contributed by atoms with Crippen molar-refractivity contribution < 1.29 is 4.42 Å². The normalized spacial score (nSPS) is 11.8. The van der Waals surface area contributed by atoms with Crippen LogP contribution in [0.4, 0.5) is 0 Å². The van der Waals surface area contributed by atoms with Crippen molar-refractivity contribution in [3.05, 3.63) is 176 Å². The molecule has 0 atom stereocenters. The largest absolute Gasteiger partial charge is 0.440 e. The highest BCUT2D eigenvalue weighted by molar-refractivity contribution is 6.12. The zero-order chi connectivity index (χ0) is 34.9. The van der Waals surface area contributed by atoms with Crippen LogP contribution in [0.15, 0.2) is 180 Å². The van der Waals surface area contributed by atoms with E-state index in [1.54, 1.807) is 0 Å². The number of hydrogen-bond acceptors (Lipinski definition) is 4. The molecule has 6 heteroatoms. The number of aromatic nitrogens is 5. The van der Waals surface area contributed by atoms with Crippen LogP contribution in [0.1, 0.15) is 0 Å². The standard InChI is InChI=1S/C47H29N5O/c1-3-13-30(14-4-1)45-48-46(31-15-5-2-6-16-31)50-47(49-45)52-40-21-11-9-19-36(40)38-28-33(24-26-42(38)52)32-23-25-41-37(27-32)35-18-8-10-20-39(35)51(41)44-29-34-17-7-12-22-43(34)53-44/h1-29H. The first-order valence-electron chi connectivity index (χ1n) is 17.7. The number of fused-ring (bicyclic) bond motifs is 7. The molecule has 4 heterocycles. The van der Waals surface area contributed by atoms with Crippen LogP contribution in [0.5, 0.6) is 0 Å². The number of furan rings is 1. The van der Waals surface area contributed by atoms with E-state index < -0.39 is 0 Å². The van der Waals surface area contributed by atoms with Gasteiger partial charge in [0.2, 0.25) is 11.8 Å². The molecular formula is C47H29N5O. The topological polar surface area (TPSA) is 61.7 Å². The summed E-state index contributed by atoms with van der Waals surface area (Å²) in [6, 6.07) is 61.0. The van der Waals surface area contributed by atoms with Gasteiger partial charge in [-0.15, -0.1) is 0 Å². The lowest BCUT2D eigenvalue weighted by atomic mass is 10.0. The molecule has 0 spiro atoms. The maximum absolute atomic E-state index is 6.38. The maximum atomic E-state index is 6.38. The Balaban J connectivity index is 1.10. The van der Waals surface area contributed by atoms with Gasteiger partial charge in [0.05, 0.1) is 22.1 Å². The van der Waals surface area contributed by atoms with Crippen molar-refractivity contribution in [1.29, 1.82) is 0 Å². The van der Waals surface area contributed by atoms with Crippen molar-refractivity contribution >= 4 is 54.6 Å². The number of rotatable bonds is 5. The Morgan fingerprint density at radius 2 is 0.849 bits per heavy atom. The van der Waals surface area contributed by atoms with Crippen LogP contribution in [0.3, 0.4) is 0 Å². The van der Waals surface area contributed by atoms with Gasteiger partial charge in [0.15, 0.2) is 11.6 Å². The van der Waals surface area contributed by atoms with Gasteiger partial charge < -0.3 is 4.42 Å². The Morgan fingerprint density at radius 1 is 0.358 bits per heavy atom. The molecule has 53 heavy (non-hydrogen) atoms. The van der Waals surface area contributed by atoms with Crippen molar-refractivity contribution in [1.82, 2.24) is 24.1 Å². The minimum atomic E-state index is 0.580. The molecule has 0 N–H and O–H groups in total. The van der Waals surface area contributed by atoms with Gasteiger partial charge in [-0.1, -0.05) is 127 Å². The van der Waals surface area contributed by atoms with E-state index in [2.05, 4.69) is 106 Å². The Kier molecular flexibility index (Phi) is 6.45. The van der Waals surface area contributed by atoms with E-state index in [-0.39, 0.29) is 0 Å². The molecule has 0 aliphatic heterocycles. The average Bonchev–Trinajstić information content (AvgIpc) is 3.91. The molecule has 0 aliphatic carbocycles. The third-order valence-electron chi connectivity index (χ3n) is 10.2. The van der Waals surface area contributed by atoms with Crippen molar-refractivity contribution in [3.8, 4) is 45.7 Å². The first kappa shape index (κ1) is 29.4. The fourth-order valence-corrected chi connectivity index (χ4v) is 7.73. The van der Waals surface area contributed by atoms with E-state index in [1.807, 2.05) is 78.9 Å². The summed E-state index contributed by atoms with van der Waals surface area (Å²) in [6.45, 7) is 0. The summed E-state index contributed by atoms with van der Waals surface area (Å²) in [4.78, 5) is 15.1. The summed E-state index contributed by atoms with van der Waals surface area (Å²) < 4.78 is 10.8. The smallest absolute Gasteiger partial charge is 0.238 e. The second-order valence-electron chi connectivity index (χ2n) is 13.3. The van der Waals surface area contributed by atoms with Crippen LogP contribution in [-0.2, 0) is 0 Å². The molecule has 7 aromatic carbocycles. The number of hydrogen-bond donors (Lipinski definition) is 0. The van der Waals surface area contributed by atoms with Crippen LogP contribution in [0.2, 0.25) is 0 Å². The Hall–Kier alpha value is -7.31. The van der Waals surface area contributed by atoms with Crippen molar-refractivity contribution in [2.24, 2.45) is 0 Å². The first-order valence-corrected chi connectivity index (χ1v) is 17.7. The molecular weight excluding hydrogens is 651 g/mol. The van der Waals surface area contributed by atoms with Gasteiger partial charge in [-0.05, 0) is 53.6 Å². The van der Waals surface area contributed by atoms with Gasteiger partial charge in [-0.25, -0.2) is 4.98 Å². The Labute approximate surface area is 303 Å². The highest BCUT2D eigenvalue weighted by Crippen LogP contribution is 2.39. The molecule has 11 aromatic rings. The highest BCUT2D eigenvalue weighted by atomic mass is 16.4. The number of para-hydroxylation sites is 3. The lowest BCUT2D eigenvalue weighted by molar-refractivity contribution is 0.590. The molecule has 0 bridgehead atoms. The number of nitrogens with zero attached hydrogens (tertiary/aromatic N) is 5. The summed E-state index contributed by atoms with van der Waals surface area (Å²) in [7, 11) is 0. The lowest BCUT2D eigenvalue weighted by Gasteiger charge is -2.11. The molecule has 0 radical (unpaired) electrons. The summed E-state index contributed by atoms with van der Waals surface area (Å²) in [6.07, 6.45) is 0. The van der Waals surface area contributed by atoms with Crippen LogP contribution in [-0.4, -0.2) is 24.1 Å². The molecule has 0 amide bonds. The van der Waals surface area contributed by atoms with Gasteiger partial charge in [-0.3, -0.25) is 9.13 Å². The molecule has 0 saturated heterocycles. The lowest BCUT2D eigenvalue weighted by Crippen LogP contribution is -2.06. The van der Waals surface area contributed by atoms with Gasteiger partial charge >= 0.3 is 0 Å². The maximum Gasteiger partial charge on any atom is 0.238 e. The van der Waals surface area contributed by atoms with E-state index in [4.69, 9.17) is 19.4 Å². The van der Waals surface area contributed by atoms with Gasteiger partial charge in [-0.2, -0.15) is 9.97 Å². The van der Waals surface area contributed by atoms with Gasteiger partial charge in [0.1, 0.15) is 5.58 Å². The van der Waals surface area contributed by atoms with Gasteiger partial charge in [0.25, 0.3) is 0 Å². The third-order valence-corrected chi connectivity index (χ3v) is 10.2. The van der Waals surface area contributed by atoms with E-state index in [9.17, 15) is 0 Å². The first-order chi connectivity index (χ1) is 26.3. The fourth-order valence-electron chi connectivity index (χ4n) is 7.73. The van der Waals surface area contributed by atoms with Crippen molar-refractivity contribution in [2.45, 2.75) is 0 Å². The molecule has 11 rings (SSSR count). The minimum Gasteiger partial charge on any atom is -0.440 e. The Bertz CT molecular complexity index is 3080. The minimum absolute atomic E-state index is 0.580. The van der Waals surface area contributed by atoms with Crippen LogP contribution in [0, 0.1) is 0 Å². The van der Waals surface area contributed by atoms with Gasteiger partial charge in [0, 0.05) is 44.1 Å². The zero-order valence-electron chi connectivity index (χ0n) is 28.4. The number of benzene rings is 7. The van der Waals surface area contributed by atoms with Crippen molar-refractivity contribution in [3.63, 3.8) is 0 Å². The SMILES string of the molecule is c1ccc(-c2nc(-c3ccccc3)nc(-n3c4ccccc4c4cc(-c5ccc6c(c5)c5ccccc5n6-c5cc6ccccc6o5)ccc43)n2)cc1. The third kappa shape index (κ3) is 4.70. The van der Waals surface area contributed by atoms with E-state index in [1.165, 1.54) is 10.8 Å².